The van der Waals surface area contributed by atoms with E-state index in [9.17, 15) is 13.2 Å². The van der Waals surface area contributed by atoms with Gasteiger partial charge < -0.3 is 4.90 Å². The first kappa shape index (κ1) is 21.6. The van der Waals surface area contributed by atoms with Gasteiger partial charge in [0.2, 0.25) is 5.91 Å². The molecule has 0 fully saturated rings. The number of nitrogens with zero attached hydrogens (tertiary/aromatic N) is 4. The van der Waals surface area contributed by atoms with Gasteiger partial charge in [0.25, 0.3) is 10.0 Å². The molecule has 3 heterocycles. The van der Waals surface area contributed by atoms with Crippen molar-refractivity contribution < 1.29 is 13.2 Å². The standard InChI is InChI=1S/C22H26N4O3S2/c1-4-24(14-19-9-7-13-30-19)21(27)15-25-17(3)22(16(2)23-25)31(28,29)26-12-11-18-8-5-6-10-20(18)26/h5-10,13H,4,11-12,14-15H2,1-3H3. The number of rotatable bonds is 7. The van der Waals surface area contributed by atoms with Crippen LogP contribution in [0.25, 0.3) is 0 Å². The highest BCUT2D eigenvalue weighted by Crippen LogP contribution is 2.34. The number of hydrogen-bond donors (Lipinski definition) is 0. The van der Waals surface area contributed by atoms with Gasteiger partial charge in [0.1, 0.15) is 11.4 Å². The molecule has 0 unspecified atom stereocenters. The number of likely N-dealkylation sites (N-methyl/N-ethyl adjacent to an activating group) is 1. The molecule has 3 aromatic rings. The number of fused-ring (bicyclic) bond motifs is 1. The summed E-state index contributed by atoms with van der Waals surface area (Å²) in [7, 11) is -3.77. The maximum Gasteiger partial charge on any atom is 0.268 e. The normalized spacial score (nSPS) is 13.5. The van der Waals surface area contributed by atoms with Crippen molar-refractivity contribution >= 4 is 33.0 Å². The van der Waals surface area contributed by atoms with Crippen LogP contribution >= 0.6 is 11.3 Å². The van der Waals surface area contributed by atoms with Gasteiger partial charge in [0.05, 0.1) is 23.6 Å². The summed E-state index contributed by atoms with van der Waals surface area (Å²) in [5, 5.41) is 6.41. The van der Waals surface area contributed by atoms with E-state index in [1.54, 1.807) is 30.1 Å². The van der Waals surface area contributed by atoms with E-state index < -0.39 is 10.0 Å². The molecule has 31 heavy (non-hydrogen) atoms. The predicted octanol–water partition coefficient (Wildman–Crippen LogP) is 3.36. The quantitative estimate of drug-likeness (QED) is 0.544. The zero-order valence-corrected chi connectivity index (χ0v) is 19.5. The number of sulfonamides is 1. The summed E-state index contributed by atoms with van der Waals surface area (Å²) in [4.78, 5) is 16.0. The fourth-order valence-electron chi connectivity index (χ4n) is 4.07. The van der Waals surface area contributed by atoms with Crippen molar-refractivity contribution in [3.63, 3.8) is 0 Å². The second kappa shape index (κ2) is 8.47. The molecular formula is C22H26N4O3S2. The first-order valence-corrected chi connectivity index (χ1v) is 12.6. The van der Waals surface area contributed by atoms with E-state index in [4.69, 9.17) is 0 Å². The average Bonchev–Trinajstić information content (AvgIpc) is 3.46. The van der Waals surface area contributed by atoms with Gasteiger partial charge in [-0.1, -0.05) is 24.3 Å². The maximum atomic E-state index is 13.5. The first-order chi connectivity index (χ1) is 14.8. The van der Waals surface area contributed by atoms with Crippen molar-refractivity contribution in [2.75, 3.05) is 17.4 Å². The SMILES string of the molecule is CCN(Cc1cccs1)C(=O)Cn1nc(C)c(S(=O)(=O)N2CCc3ccccc32)c1C. The third-order valence-electron chi connectivity index (χ3n) is 5.65. The molecule has 1 aromatic carbocycles. The Morgan fingerprint density at radius 3 is 2.68 bits per heavy atom. The van der Waals surface area contributed by atoms with Crippen LogP contribution in [0.4, 0.5) is 5.69 Å². The summed E-state index contributed by atoms with van der Waals surface area (Å²) in [5.74, 6) is -0.0861. The van der Waals surface area contributed by atoms with Gasteiger partial charge >= 0.3 is 0 Å². The van der Waals surface area contributed by atoms with Crippen LogP contribution in [-0.2, 0) is 34.3 Å². The Morgan fingerprint density at radius 2 is 1.97 bits per heavy atom. The van der Waals surface area contributed by atoms with Crippen LogP contribution in [0, 0.1) is 13.8 Å². The van der Waals surface area contributed by atoms with Crippen molar-refractivity contribution in [1.29, 1.82) is 0 Å². The molecule has 164 valence electrons. The van der Waals surface area contributed by atoms with Crippen LogP contribution < -0.4 is 4.31 Å². The summed E-state index contributed by atoms with van der Waals surface area (Å²) in [6.45, 7) is 6.89. The van der Waals surface area contributed by atoms with Gasteiger partial charge in [0, 0.05) is 18.0 Å². The summed E-state index contributed by atoms with van der Waals surface area (Å²) >= 11 is 1.61. The predicted molar refractivity (Wildman–Crippen MR) is 122 cm³/mol. The van der Waals surface area contributed by atoms with Crippen molar-refractivity contribution in [2.24, 2.45) is 0 Å². The van der Waals surface area contributed by atoms with E-state index in [-0.39, 0.29) is 17.3 Å². The molecule has 1 aliphatic heterocycles. The Balaban J connectivity index is 1.60. The number of aryl methyl sites for hydroxylation is 1. The largest absolute Gasteiger partial charge is 0.336 e. The third kappa shape index (κ3) is 3.99. The van der Waals surface area contributed by atoms with E-state index in [2.05, 4.69) is 5.10 Å². The molecule has 0 saturated heterocycles. The molecule has 0 radical (unpaired) electrons. The van der Waals surface area contributed by atoms with E-state index in [0.717, 1.165) is 16.1 Å². The highest BCUT2D eigenvalue weighted by Gasteiger charge is 2.35. The zero-order chi connectivity index (χ0) is 22.2. The fraction of sp³-hybridized carbons (Fsp3) is 0.364. The van der Waals surface area contributed by atoms with Gasteiger partial charge in [-0.2, -0.15) is 5.10 Å². The van der Waals surface area contributed by atoms with Gasteiger partial charge in [0.15, 0.2) is 0 Å². The molecule has 4 rings (SSSR count). The second-order valence-electron chi connectivity index (χ2n) is 7.60. The molecule has 2 aromatic heterocycles. The Kier molecular flexibility index (Phi) is 5.90. The van der Waals surface area contributed by atoms with E-state index in [1.807, 2.05) is 48.7 Å². The molecule has 0 saturated carbocycles. The minimum Gasteiger partial charge on any atom is -0.336 e. The molecule has 9 heteroatoms. The highest BCUT2D eigenvalue weighted by molar-refractivity contribution is 7.93. The summed E-state index contributed by atoms with van der Waals surface area (Å²) in [5.41, 5.74) is 2.65. The minimum absolute atomic E-state index is 0.0119. The summed E-state index contributed by atoms with van der Waals surface area (Å²) < 4.78 is 30.0. The van der Waals surface area contributed by atoms with Crippen LogP contribution in [0.5, 0.6) is 0 Å². The van der Waals surface area contributed by atoms with Gasteiger partial charge in [-0.15, -0.1) is 11.3 Å². The average molecular weight is 459 g/mol. The van der Waals surface area contributed by atoms with Gasteiger partial charge in [-0.05, 0) is 50.3 Å². The smallest absolute Gasteiger partial charge is 0.268 e. The number of para-hydroxylation sites is 1. The third-order valence-corrected chi connectivity index (χ3v) is 8.58. The van der Waals surface area contributed by atoms with Crippen LogP contribution in [-0.4, -0.2) is 42.1 Å². The summed E-state index contributed by atoms with van der Waals surface area (Å²) in [6, 6.07) is 11.5. The van der Waals surface area contributed by atoms with Crippen LogP contribution in [0.15, 0.2) is 46.7 Å². The van der Waals surface area contributed by atoms with Gasteiger partial charge in [-0.3, -0.25) is 13.8 Å². The fourth-order valence-corrected chi connectivity index (χ4v) is 6.67. The number of amides is 1. The molecule has 1 aliphatic rings. The molecule has 0 aliphatic carbocycles. The van der Waals surface area contributed by atoms with Crippen molar-refractivity contribution in [3.05, 3.63) is 63.6 Å². The maximum absolute atomic E-state index is 13.5. The molecule has 0 spiro atoms. The summed E-state index contributed by atoms with van der Waals surface area (Å²) in [6.07, 6.45) is 0.689. The van der Waals surface area contributed by atoms with Crippen LogP contribution in [0.3, 0.4) is 0 Å². The number of thiophene rings is 1. The topological polar surface area (TPSA) is 75.5 Å². The van der Waals surface area contributed by atoms with E-state index in [0.29, 0.717) is 37.4 Å². The molecule has 0 N–H and O–H groups in total. The lowest BCUT2D eigenvalue weighted by Crippen LogP contribution is -2.33. The van der Waals surface area contributed by atoms with Crippen LogP contribution in [0.1, 0.15) is 28.8 Å². The zero-order valence-electron chi connectivity index (χ0n) is 17.9. The van der Waals surface area contributed by atoms with Crippen LogP contribution in [0.2, 0.25) is 0 Å². The number of hydrogen-bond acceptors (Lipinski definition) is 5. The lowest BCUT2D eigenvalue weighted by molar-refractivity contribution is -0.132. The van der Waals surface area contributed by atoms with Gasteiger partial charge in [-0.25, -0.2) is 8.42 Å². The Morgan fingerprint density at radius 1 is 1.19 bits per heavy atom. The Labute approximate surface area is 187 Å². The van der Waals surface area contributed by atoms with Crippen molar-refractivity contribution in [2.45, 2.75) is 45.2 Å². The molecule has 7 nitrogen and oxygen atoms in total. The Bertz CT molecular complexity index is 1200. The molecule has 0 atom stereocenters. The van der Waals surface area contributed by atoms with Crippen molar-refractivity contribution in [3.8, 4) is 0 Å². The minimum atomic E-state index is -3.77. The number of carbonyl (C=O) groups is 1. The Hall–Kier alpha value is -2.65. The monoisotopic (exact) mass is 458 g/mol. The lowest BCUT2D eigenvalue weighted by Gasteiger charge is -2.21. The second-order valence-corrected chi connectivity index (χ2v) is 10.4. The van der Waals surface area contributed by atoms with Crippen molar-refractivity contribution in [1.82, 2.24) is 14.7 Å². The lowest BCUT2D eigenvalue weighted by atomic mass is 10.2. The number of anilines is 1. The molecule has 0 bridgehead atoms. The van der Waals surface area contributed by atoms with E-state index in [1.165, 1.54) is 8.99 Å². The van der Waals surface area contributed by atoms with E-state index >= 15 is 0 Å². The number of carbonyl (C=O) groups excluding carboxylic acids is 1. The number of benzene rings is 1. The molecule has 1 amide bonds. The molecular weight excluding hydrogens is 432 g/mol. The highest BCUT2D eigenvalue weighted by atomic mass is 32.2. The number of aromatic nitrogens is 2. The first-order valence-electron chi connectivity index (χ1n) is 10.3.